The molecule has 0 bridgehead atoms. The van der Waals surface area contributed by atoms with Crippen LogP contribution in [0.1, 0.15) is 39.0 Å². The number of aliphatic hydroxyl groups excluding tert-OH is 3. The van der Waals surface area contributed by atoms with Crippen molar-refractivity contribution in [3.05, 3.63) is 0 Å². The molecule has 0 aliphatic carbocycles. The molecule has 6 N–H and O–H groups in total. The minimum Gasteiger partial charge on any atom is -0.388 e. The van der Waals surface area contributed by atoms with E-state index in [1.807, 2.05) is 7.05 Å². The van der Waals surface area contributed by atoms with Crippen molar-refractivity contribution in [2.24, 2.45) is 5.92 Å². The third-order valence-electron chi connectivity index (χ3n) is 6.16. The first kappa shape index (κ1) is 26.1. The molecule has 0 aromatic heterocycles. The fourth-order valence-corrected chi connectivity index (χ4v) is 5.16. The molecule has 1 amide bonds. The molecule has 176 valence electrons. The molecule has 0 aromatic rings. The number of amides is 1. The van der Waals surface area contributed by atoms with Gasteiger partial charge in [0.1, 0.15) is 29.9 Å². The second-order valence-corrected chi connectivity index (χ2v) is 10.00. The van der Waals surface area contributed by atoms with Gasteiger partial charge in [0.05, 0.1) is 17.5 Å². The van der Waals surface area contributed by atoms with Gasteiger partial charge in [-0.3, -0.25) is 4.79 Å². The van der Waals surface area contributed by atoms with Crippen LogP contribution in [0, 0.1) is 5.92 Å². The molecule has 9 atom stereocenters. The van der Waals surface area contributed by atoms with E-state index in [-0.39, 0.29) is 11.9 Å². The lowest BCUT2D eigenvalue weighted by Crippen LogP contribution is -2.65. The van der Waals surface area contributed by atoms with Crippen LogP contribution < -0.4 is 16.0 Å². The monoisotopic (exact) mass is 467 g/mol. The van der Waals surface area contributed by atoms with Crippen LogP contribution in [-0.4, -0.2) is 94.9 Å². The highest BCUT2D eigenvalue weighted by molar-refractivity contribution is 7.99. The van der Waals surface area contributed by atoms with Gasteiger partial charge in [0.2, 0.25) is 5.91 Å². The van der Waals surface area contributed by atoms with Gasteiger partial charge in [-0.15, -0.1) is 23.4 Å². The predicted octanol–water partition coefficient (Wildman–Crippen LogP) is 0.0270. The zero-order valence-corrected chi connectivity index (χ0v) is 19.7. The van der Waals surface area contributed by atoms with Crippen molar-refractivity contribution in [3.63, 3.8) is 0 Å². The maximum atomic E-state index is 13.0. The van der Waals surface area contributed by atoms with E-state index in [4.69, 9.17) is 16.3 Å². The van der Waals surface area contributed by atoms with Crippen molar-refractivity contribution in [3.8, 4) is 0 Å². The highest BCUT2D eigenvalue weighted by Crippen LogP contribution is 2.30. The topological polar surface area (TPSA) is 123 Å². The molecule has 30 heavy (non-hydrogen) atoms. The van der Waals surface area contributed by atoms with Gasteiger partial charge in [-0.25, -0.2) is 0 Å². The molecule has 2 rings (SSSR count). The first-order valence-electron chi connectivity index (χ1n) is 10.8. The van der Waals surface area contributed by atoms with E-state index in [2.05, 4.69) is 16.0 Å². The molecule has 0 saturated carbocycles. The highest BCUT2D eigenvalue weighted by atomic mass is 35.5. The van der Waals surface area contributed by atoms with E-state index in [1.54, 1.807) is 13.2 Å². The number of hydrogen-bond donors (Lipinski definition) is 6. The van der Waals surface area contributed by atoms with E-state index in [9.17, 15) is 20.1 Å². The Hall–Kier alpha value is -0.130. The van der Waals surface area contributed by atoms with Crippen molar-refractivity contribution < 1.29 is 24.9 Å². The molecule has 8 nitrogen and oxygen atoms in total. The molecular weight excluding hydrogens is 430 g/mol. The second kappa shape index (κ2) is 12.8. The summed E-state index contributed by atoms with van der Waals surface area (Å²) in [4.78, 5) is 13.0. The summed E-state index contributed by atoms with van der Waals surface area (Å²) in [6.45, 7) is 3.50. The standard InChI is InChI=1S/C20H38ClN3O5S/c1-11(21)14(18-16(26)15(25)17(27)20(29-18)30-3)24-19(28)13-7-6-12(8-10-23-13)5-4-9-22-2/h11-18,20,22-23,25-27H,4-10H2,1-3H3,(H,24,28)/t11-,12-,13?,14+,15?,16?,17+,18+,20?/m0/s1. The number of rotatable bonds is 9. The molecule has 0 aromatic carbocycles. The zero-order chi connectivity index (χ0) is 22.3. The Kier molecular flexibility index (Phi) is 11.1. The summed E-state index contributed by atoms with van der Waals surface area (Å²) in [5, 5.41) is 39.7. The number of ether oxygens (including phenoxy) is 1. The van der Waals surface area contributed by atoms with Crippen LogP contribution in [0.4, 0.5) is 0 Å². The maximum Gasteiger partial charge on any atom is 0.237 e. The van der Waals surface area contributed by atoms with E-state index in [0.29, 0.717) is 5.92 Å². The average Bonchev–Trinajstić information content (AvgIpc) is 2.97. The molecule has 0 spiro atoms. The van der Waals surface area contributed by atoms with E-state index >= 15 is 0 Å². The van der Waals surface area contributed by atoms with Gasteiger partial charge in [0, 0.05) is 0 Å². The summed E-state index contributed by atoms with van der Waals surface area (Å²) in [5.74, 6) is 0.425. The Morgan fingerprint density at radius 2 is 1.97 bits per heavy atom. The van der Waals surface area contributed by atoms with Crippen LogP contribution >= 0.6 is 23.4 Å². The molecule has 0 radical (unpaired) electrons. The number of aliphatic hydroxyl groups is 3. The fraction of sp³-hybridized carbons (Fsp3) is 0.950. The Bertz CT molecular complexity index is 531. The van der Waals surface area contributed by atoms with Crippen molar-refractivity contribution >= 4 is 29.3 Å². The molecule has 2 saturated heterocycles. The molecule has 2 aliphatic rings. The van der Waals surface area contributed by atoms with E-state index < -0.39 is 41.3 Å². The first-order valence-corrected chi connectivity index (χ1v) is 12.6. The van der Waals surface area contributed by atoms with Gasteiger partial charge in [-0.2, -0.15) is 0 Å². The summed E-state index contributed by atoms with van der Waals surface area (Å²) >= 11 is 7.58. The van der Waals surface area contributed by atoms with Crippen LogP contribution in [0.2, 0.25) is 0 Å². The Labute approximate surface area is 188 Å². The van der Waals surface area contributed by atoms with Gasteiger partial charge in [-0.1, -0.05) is 0 Å². The van der Waals surface area contributed by atoms with E-state index in [0.717, 1.165) is 45.2 Å². The van der Waals surface area contributed by atoms with Gasteiger partial charge in [-0.05, 0) is 71.3 Å². The van der Waals surface area contributed by atoms with Crippen molar-refractivity contribution in [2.75, 3.05) is 26.4 Å². The number of halogens is 1. The molecule has 10 heteroatoms. The summed E-state index contributed by atoms with van der Waals surface area (Å²) in [6, 6.07) is -1.03. The average molecular weight is 468 g/mol. The normalized spacial score (nSPS) is 37.2. The predicted molar refractivity (Wildman–Crippen MR) is 120 cm³/mol. The quantitative estimate of drug-likeness (QED) is 0.207. The van der Waals surface area contributed by atoms with Crippen LogP contribution in [0.5, 0.6) is 0 Å². The summed E-state index contributed by atoms with van der Waals surface area (Å²) in [6.07, 6.45) is 1.94. The molecule has 2 aliphatic heterocycles. The van der Waals surface area contributed by atoms with Gasteiger partial charge >= 0.3 is 0 Å². The lowest BCUT2D eigenvalue weighted by Gasteiger charge is -2.44. The van der Waals surface area contributed by atoms with Gasteiger partial charge < -0.3 is 36.0 Å². The largest absolute Gasteiger partial charge is 0.388 e. The van der Waals surface area contributed by atoms with Crippen LogP contribution in [0.25, 0.3) is 0 Å². The summed E-state index contributed by atoms with van der Waals surface area (Å²) in [7, 11) is 1.96. The van der Waals surface area contributed by atoms with Crippen molar-refractivity contribution in [2.45, 2.75) is 86.3 Å². The van der Waals surface area contributed by atoms with Gasteiger partial charge in [0.25, 0.3) is 0 Å². The molecule has 2 fully saturated rings. The number of hydrogen-bond acceptors (Lipinski definition) is 8. The number of nitrogens with one attached hydrogen (secondary N) is 3. The third kappa shape index (κ3) is 6.93. The Morgan fingerprint density at radius 1 is 1.23 bits per heavy atom. The number of thioether (sulfide) groups is 1. The van der Waals surface area contributed by atoms with Crippen molar-refractivity contribution in [1.29, 1.82) is 0 Å². The third-order valence-corrected chi connectivity index (χ3v) is 7.29. The smallest absolute Gasteiger partial charge is 0.237 e. The number of alkyl halides is 1. The van der Waals surface area contributed by atoms with E-state index in [1.165, 1.54) is 11.8 Å². The molecular formula is C20H38ClN3O5S. The van der Waals surface area contributed by atoms with Crippen molar-refractivity contribution in [1.82, 2.24) is 16.0 Å². The van der Waals surface area contributed by atoms with Crippen LogP contribution in [0.3, 0.4) is 0 Å². The van der Waals surface area contributed by atoms with Crippen LogP contribution in [0.15, 0.2) is 0 Å². The Balaban J connectivity index is 1.98. The number of carbonyl (C=O) groups excluding carboxylic acids is 1. The first-order chi connectivity index (χ1) is 14.3. The summed E-state index contributed by atoms with van der Waals surface area (Å²) < 4.78 is 5.82. The van der Waals surface area contributed by atoms with Gasteiger partial charge in [0.15, 0.2) is 0 Å². The minimum absolute atomic E-state index is 0.180. The molecule has 2 heterocycles. The zero-order valence-electron chi connectivity index (χ0n) is 18.1. The highest BCUT2D eigenvalue weighted by Gasteiger charge is 2.48. The lowest BCUT2D eigenvalue weighted by molar-refractivity contribution is -0.205. The second-order valence-electron chi connectivity index (χ2n) is 8.37. The van der Waals surface area contributed by atoms with Crippen LogP contribution in [-0.2, 0) is 9.53 Å². The Morgan fingerprint density at radius 3 is 2.60 bits per heavy atom. The molecule has 4 unspecified atom stereocenters. The fourth-order valence-electron chi connectivity index (χ4n) is 4.28. The summed E-state index contributed by atoms with van der Waals surface area (Å²) in [5.41, 5.74) is -0.711. The SMILES string of the molecule is CNCCC[C@@H]1CCNC(C(=O)N[C@H]([C@H](C)Cl)[C@H]2OC(SC)[C@H](O)C(O)C2O)CC1. The minimum atomic E-state index is -1.37. The number of carbonyl (C=O) groups is 1. The maximum absolute atomic E-state index is 13.0. The lowest BCUT2D eigenvalue weighted by atomic mass is 9.92.